The van der Waals surface area contributed by atoms with Gasteiger partial charge in [0.2, 0.25) is 65.0 Å². The second-order valence-electron chi connectivity index (χ2n) is 17.7. The lowest BCUT2D eigenvalue weighted by Crippen LogP contribution is -2.61. The zero-order chi connectivity index (χ0) is 52.4. The first-order valence-electron chi connectivity index (χ1n) is 22.2. The Labute approximate surface area is 400 Å². The van der Waals surface area contributed by atoms with E-state index in [0.29, 0.717) is 5.56 Å². The number of phenols is 1. The van der Waals surface area contributed by atoms with Crippen molar-refractivity contribution in [3.8, 4) is 5.75 Å². The van der Waals surface area contributed by atoms with Crippen LogP contribution in [-0.4, -0.2) is 151 Å². The van der Waals surface area contributed by atoms with E-state index in [4.69, 9.17) is 17.2 Å². The minimum atomic E-state index is -4.28. The van der Waals surface area contributed by atoms with E-state index in [-0.39, 0.29) is 30.9 Å². The first kappa shape index (κ1) is 58.3. The van der Waals surface area contributed by atoms with Crippen LogP contribution in [0.4, 0.5) is 0 Å². The van der Waals surface area contributed by atoms with Crippen molar-refractivity contribution in [2.45, 2.75) is 122 Å². The van der Waals surface area contributed by atoms with Crippen molar-refractivity contribution >= 4 is 74.8 Å². The Bertz CT molecular complexity index is 2190. The predicted molar refractivity (Wildman–Crippen MR) is 247 cm³/mol. The topological polar surface area (TPSA) is 408 Å². The van der Waals surface area contributed by atoms with Gasteiger partial charge < -0.3 is 64.4 Å². The maximum Gasteiger partial charge on any atom is 0.245 e. The average Bonchev–Trinajstić information content (AvgIpc) is 3.25. The molecule has 26 heteroatoms. The summed E-state index contributed by atoms with van der Waals surface area (Å²) in [6.45, 7) is 6.90. The molecule has 0 spiro atoms. The van der Waals surface area contributed by atoms with Crippen LogP contribution in [0.15, 0.2) is 24.3 Å². The number of rotatable bonds is 18. The molecule has 7 atom stereocenters. The third-order valence-corrected chi connectivity index (χ3v) is 12.7. The molecule has 1 saturated heterocycles. The molecule has 14 N–H and O–H groups in total. The van der Waals surface area contributed by atoms with Crippen LogP contribution in [0.25, 0.3) is 0 Å². The number of aromatic hydroxyl groups is 1. The van der Waals surface area contributed by atoms with E-state index >= 15 is 0 Å². The van der Waals surface area contributed by atoms with E-state index in [1.54, 1.807) is 27.7 Å². The Hall–Kier alpha value is -6.86. The zero-order valence-electron chi connectivity index (χ0n) is 39.7. The molecular weight excluding hydrogens is 927 g/mol. The smallest absolute Gasteiger partial charge is 0.245 e. The summed E-state index contributed by atoms with van der Waals surface area (Å²) in [4.78, 5) is 146. The fraction of sp³-hybridized carbons (Fsp3) is 0.605. The van der Waals surface area contributed by atoms with Crippen molar-refractivity contribution in [1.82, 2.24) is 42.1 Å². The molecule has 1 fully saturated rings. The average molecular weight is 994 g/mol. The highest BCUT2D eigenvalue weighted by Gasteiger charge is 2.38. The molecule has 0 saturated carbocycles. The van der Waals surface area contributed by atoms with Gasteiger partial charge in [0.05, 0.1) is 31.0 Å². The zero-order valence-corrected chi connectivity index (χ0v) is 40.5. The van der Waals surface area contributed by atoms with Crippen molar-refractivity contribution in [3.05, 3.63) is 29.8 Å². The molecule has 1 heterocycles. The third kappa shape index (κ3) is 20.1. The highest BCUT2D eigenvalue weighted by Crippen LogP contribution is 2.18. The molecule has 384 valence electrons. The minimum Gasteiger partial charge on any atom is -0.508 e. The number of carbonyl (C=O) groups excluding carboxylic acids is 11. The fourth-order valence-electron chi connectivity index (χ4n) is 7.26. The van der Waals surface area contributed by atoms with Crippen molar-refractivity contribution in [2.75, 3.05) is 31.6 Å². The molecule has 25 nitrogen and oxygen atoms in total. The van der Waals surface area contributed by atoms with Gasteiger partial charge in [-0.15, -0.1) is 0 Å². The van der Waals surface area contributed by atoms with E-state index in [1.165, 1.54) is 31.2 Å². The quantitative estimate of drug-likeness (QED) is 0.0664. The lowest BCUT2D eigenvalue weighted by molar-refractivity contribution is -0.140. The van der Waals surface area contributed by atoms with Crippen LogP contribution in [0.3, 0.4) is 0 Å². The minimum absolute atomic E-state index is 0.0698. The third-order valence-electron chi connectivity index (χ3n) is 11.1. The standard InChI is InChI=1S/C43H67N11O14S/c1-7-24(4)36-40(64)49-27(12-13-31(44)56)37(61)51-30(19-32(45)57)38(62)50-28(41(65)54(6)22-35(60)53-43(5,20-23(2)3)42(66)47-21-33(46)58)14-16-69(67,68)17-15-34(59)48-29(39(63)52-36)18-25-8-10-26(55)11-9-25/h8-11,23-24,27-30,36,55H,7,12-22H2,1-6H3,(H2,44,56)(H2,45,57)(H2,46,58)(H,47,66)(H,48,59)(H,49,64)(H,50,62)(H,51,61)(H,52,63)(H,53,60)/t24-,27-,28-,29-,30-,36-,43-/m0/s1. The molecule has 1 aliphatic heterocycles. The van der Waals surface area contributed by atoms with Crippen LogP contribution in [0, 0.1) is 11.8 Å². The maximum atomic E-state index is 14.1. The summed E-state index contributed by atoms with van der Waals surface area (Å²) in [5.41, 5.74) is 14.8. The number of amides is 11. The van der Waals surface area contributed by atoms with Gasteiger partial charge in [0.25, 0.3) is 0 Å². The summed E-state index contributed by atoms with van der Waals surface area (Å²) in [6, 6.07) is -2.55. The van der Waals surface area contributed by atoms with E-state index < -0.39 is 173 Å². The number of phenolic OH excluding ortho intramolecular Hbond substituents is 1. The summed E-state index contributed by atoms with van der Waals surface area (Å²) in [5, 5.41) is 26.8. The molecule has 0 aliphatic carbocycles. The molecule has 1 aromatic rings. The van der Waals surface area contributed by atoms with Gasteiger partial charge in [-0.2, -0.15) is 0 Å². The number of benzene rings is 1. The van der Waals surface area contributed by atoms with E-state index in [1.807, 2.05) is 0 Å². The van der Waals surface area contributed by atoms with Gasteiger partial charge in [0.15, 0.2) is 9.84 Å². The van der Waals surface area contributed by atoms with Crippen LogP contribution in [0.2, 0.25) is 0 Å². The van der Waals surface area contributed by atoms with E-state index in [0.717, 1.165) is 11.9 Å². The molecule has 2 rings (SSSR count). The largest absolute Gasteiger partial charge is 0.508 e. The molecular formula is C43H67N11O14S. The molecule has 0 aromatic heterocycles. The van der Waals surface area contributed by atoms with Crippen molar-refractivity contribution < 1.29 is 66.3 Å². The number of nitrogens with zero attached hydrogens (tertiary/aromatic N) is 1. The predicted octanol–water partition coefficient (Wildman–Crippen LogP) is -4.26. The monoisotopic (exact) mass is 993 g/mol. The normalized spacial score (nSPS) is 22.1. The number of hydrogen-bond acceptors (Lipinski definition) is 14. The lowest BCUT2D eigenvalue weighted by atomic mass is 9.89. The Balaban J connectivity index is 2.66. The number of likely N-dealkylation sites (N-methyl/N-ethyl adjacent to an activating group) is 1. The van der Waals surface area contributed by atoms with Gasteiger partial charge >= 0.3 is 0 Å². The van der Waals surface area contributed by atoms with Gasteiger partial charge in [-0.25, -0.2) is 8.42 Å². The first-order valence-corrected chi connectivity index (χ1v) is 24.1. The van der Waals surface area contributed by atoms with Gasteiger partial charge in [0, 0.05) is 26.3 Å². The van der Waals surface area contributed by atoms with Crippen LogP contribution in [0.1, 0.15) is 85.1 Å². The Morgan fingerprint density at radius 1 is 0.812 bits per heavy atom. The van der Waals surface area contributed by atoms with Crippen molar-refractivity contribution in [2.24, 2.45) is 29.0 Å². The molecule has 1 aliphatic rings. The number of nitrogens with one attached hydrogen (secondary N) is 7. The molecule has 69 heavy (non-hydrogen) atoms. The van der Waals surface area contributed by atoms with Gasteiger partial charge in [-0.3, -0.25) is 52.7 Å². The fourth-order valence-corrected chi connectivity index (χ4v) is 8.56. The summed E-state index contributed by atoms with van der Waals surface area (Å²) < 4.78 is 27.0. The van der Waals surface area contributed by atoms with Gasteiger partial charge in [-0.1, -0.05) is 46.2 Å². The number of hydrogen-bond donors (Lipinski definition) is 11. The SMILES string of the molecule is CC[C@H](C)[C@@H]1NC(=O)[C@H](Cc2ccc(O)cc2)NC(=O)CCS(=O)(=O)CC[C@@H](C(=O)N(C)CC(=O)N[C@@](C)(CC(C)C)C(=O)NCC(N)=O)NC(=O)[C@H](CC(N)=O)NC(=O)[C@H](CCC(N)=O)NC1=O. The summed E-state index contributed by atoms with van der Waals surface area (Å²) in [5.74, 6) is -13.3. The molecule has 0 unspecified atom stereocenters. The lowest BCUT2D eigenvalue weighted by Gasteiger charge is -2.32. The second-order valence-corrected chi connectivity index (χ2v) is 20.0. The molecule has 11 amide bonds. The highest BCUT2D eigenvalue weighted by molar-refractivity contribution is 7.91. The second kappa shape index (κ2) is 26.6. The van der Waals surface area contributed by atoms with Gasteiger partial charge in [0.1, 0.15) is 41.5 Å². The Morgan fingerprint density at radius 2 is 1.41 bits per heavy atom. The summed E-state index contributed by atoms with van der Waals surface area (Å²) in [6.07, 6.45) is -3.06. The molecule has 1 aromatic carbocycles. The van der Waals surface area contributed by atoms with Crippen LogP contribution >= 0.6 is 0 Å². The number of primary amides is 3. The molecule has 0 bridgehead atoms. The maximum absolute atomic E-state index is 14.1. The van der Waals surface area contributed by atoms with E-state index in [2.05, 4.69) is 37.2 Å². The highest BCUT2D eigenvalue weighted by atomic mass is 32.2. The Morgan fingerprint density at radius 3 is 1.97 bits per heavy atom. The van der Waals surface area contributed by atoms with Crippen LogP contribution in [-0.2, 0) is 69.0 Å². The van der Waals surface area contributed by atoms with Gasteiger partial charge in [-0.05, 0) is 55.7 Å². The molecule has 0 radical (unpaired) electrons. The van der Waals surface area contributed by atoms with Crippen LogP contribution in [0.5, 0.6) is 5.75 Å². The van der Waals surface area contributed by atoms with Crippen molar-refractivity contribution in [3.63, 3.8) is 0 Å². The van der Waals surface area contributed by atoms with Crippen LogP contribution < -0.4 is 54.4 Å². The number of carbonyl (C=O) groups is 11. The number of nitrogens with two attached hydrogens (primary N) is 3. The summed E-state index contributed by atoms with van der Waals surface area (Å²) >= 11 is 0. The number of sulfone groups is 1. The van der Waals surface area contributed by atoms with E-state index in [9.17, 15) is 66.3 Å². The van der Waals surface area contributed by atoms with Crippen molar-refractivity contribution in [1.29, 1.82) is 0 Å². The Kier molecular flexibility index (Phi) is 22.5. The first-order chi connectivity index (χ1) is 32.1. The summed E-state index contributed by atoms with van der Waals surface area (Å²) in [7, 11) is -3.16.